The van der Waals surface area contributed by atoms with Gasteiger partial charge in [0.15, 0.2) is 5.82 Å². The Bertz CT molecular complexity index is 1180. The number of anilines is 2. The van der Waals surface area contributed by atoms with Crippen LogP contribution in [0.2, 0.25) is 0 Å². The average molecular weight is 421 g/mol. The predicted molar refractivity (Wildman–Crippen MR) is 113 cm³/mol. The summed E-state index contributed by atoms with van der Waals surface area (Å²) in [5.41, 5.74) is 6.69. The van der Waals surface area contributed by atoms with E-state index in [2.05, 4.69) is 36.2 Å². The molecule has 0 unspecified atom stereocenters. The molecule has 2 aromatic carbocycles. The standard InChI is InChI=1S/C18H15N9O4/c1-12-17(23-19-10-13-4-2-6-15(8-13)26(28)29)21-18(25-22-12)24-20-11-14-5-3-7-16(9-14)27(30)31/h2-11H,1H3,(H2,21,23,24,25)/b19-10+,20-11+. The van der Waals surface area contributed by atoms with Crippen LogP contribution in [0.15, 0.2) is 58.7 Å². The first-order valence-corrected chi connectivity index (χ1v) is 8.71. The minimum Gasteiger partial charge on any atom is -0.260 e. The third kappa shape index (κ3) is 5.83. The highest BCUT2D eigenvalue weighted by Crippen LogP contribution is 2.14. The van der Waals surface area contributed by atoms with Crippen LogP contribution in [-0.4, -0.2) is 37.5 Å². The van der Waals surface area contributed by atoms with Gasteiger partial charge in [0.1, 0.15) is 5.69 Å². The van der Waals surface area contributed by atoms with Gasteiger partial charge in [-0.3, -0.25) is 25.7 Å². The molecule has 0 saturated carbocycles. The van der Waals surface area contributed by atoms with Gasteiger partial charge in [-0.05, 0) is 6.92 Å². The molecule has 0 radical (unpaired) electrons. The highest BCUT2D eigenvalue weighted by Gasteiger charge is 2.06. The summed E-state index contributed by atoms with van der Waals surface area (Å²) in [6.45, 7) is 1.67. The zero-order valence-corrected chi connectivity index (χ0v) is 16.0. The van der Waals surface area contributed by atoms with Crippen molar-refractivity contribution < 1.29 is 9.85 Å². The van der Waals surface area contributed by atoms with E-state index < -0.39 is 9.85 Å². The maximum absolute atomic E-state index is 10.8. The van der Waals surface area contributed by atoms with E-state index in [0.717, 1.165) is 0 Å². The number of nitro benzene ring substituents is 2. The lowest BCUT2D eigenvalue weighted by molar-refractivity contribution is -0.385. The van der Waals surface area contributed by atoms with Crippen LogP contribution in [0, 0.1) is 27.2 Å². The summed E-state index contributed by atoms with van der Waals surface area (Å²) in [4.78, 5) is 24.8. The van der Waals surface area contributed by atoms with E-state index >= 15 is 0 Å². The summed E-state index contributed by atoms with van der Waals surface area (Å²) in [6, 6.07) is 11.9. The molecule has 0 fully saturated rings. The molecule has 13 nitrogen and oxygen atoms in total. The fourth-order valence-corrected chi connectivity index (χ4v) is 2.30. The fraction of sp³-hybridized carbons (Fsp3) is 0.0556. The first-order valence-electron chi connectivity index (χ1n) is 8.71. The zero-order valence-electron chi connectivity index (χ0n) is 16.0. The summed E-state index contributed by atoms with van der Waals surface area (Å²) in [7, 11) is 0. The van der Waals surface area contributed by atoms with Crippen molar-refractivity contribution in [1.82, 2.24) is 15.2 Å². The van der Waals surface area contributed by atoms with Crippen molar-refractivity contribution in [2.75, 3.05) is 10.9 Å². The Morgan fingerprint density at radius 1 is 0.871 bits per heavy atom. The second-order valence-electron chi connectivity index (χ2n) is 6.01. The van der Waals surface area contributed by atoms with E-state index in [4.69, 9.17) is 0 Å². The van der Waals surface area contributed by atoms with E-state index in [-0.39, 0.29) is 17.3 Å². The Balaban J connectivity index is 1.66. The quantitative estimate of drug-likeness (QED) is 0.315. The van der Waals surface area contributed by atoms with Gasteiger partial charge in [-0.15, -0.1) is 10.2 Å². The van der Waals surface area contributed by atoms with E-state index in [0.29, 0.717) is 22.6 Å². The van der Waals surface area contributed by atoms with Gasteiger partial charge in [0, 0.05) is 35.4 Å². The maximum atomic E-state index is 10.8. The van der Waals surface area contributed by atoms with E-state index in [9.17, 15) is 20.2 Å². The largest absolute Gasteiger partial charge is 0.270 e. The Labute approximate surface area is 174 Å². The Kier molecular flexibility index (Phi) is 6.47. The van der Waals surface area contributed by atoms with Gasteiger partial charge >= 0.3 is 0 Å². The van der Waals surface area contributed by atoms with Crippen LogP contribution in [0.3, 0.4) is 0 Å². The Morgan fingerprint density at radius 2 is 1.42 bits per heavy atom. The van der Waals surface area contributed by atoms with Crippen molar-refractivity contribution in [2.24, 2.45) is 10.2 Å². The predicted octanol–water partition coefficient (Wildman–Crippen LogP) is 2.89. The highest BCUT2D eigenvalue weighted by molar-refractivity contribution is 5.81. The van der Waals surface area contributed by atoms with Crippen LogP contribution in [-0.2, 0) is 0 Å². The van der Waals surface area contributed by atoms with Crippen LogP contribution in [0.4, 0.5) is 23.1 Å². The van der Waals surface area contributed by atoms with Crippen molar-refractivity contribution in [3.8, 4) is 0 Å². The minimum absolute atomic E-state index is 0.0445. The van der Waals surface area contributed by atoms with Gasteiger partial charge < -0.3 is 0 Å². The van der Waals surface area contributed by atoms with Gasteiger partial charge in [0.05, 0.1) is 22.3 Å². The van der Waals surface area contributed by atoms with Gasteiger partial charge in [-0.25, -0.2) is 5.43 Å². The van der Waals surface area contributed by atoms with Gasteiger partial charge in [-0.2, -0.15) is 15.2 Å². The number of rotatable bonds is 8. The first kappa shape index (κ1) is 20.9. The number of hydrazone groups is 2. The molecule has 1 heterocycles. The van der Waals surface area contributed by atoms with Gasteiger partial charge in [-0.1, -0.05) is 24.3 Å². The van der Waals surface area contributed by atoms with Crippen LogP contribution in [0.25, 0.3) is 0 Å². The molecule has 0 aliphatic rings. The van der Waals surface area contributed by atoms with E-state index in [1.54, 1.807) is 31.2 Å². The lowest BCUT2D eigenvalue weighted by Crippen LogP contribution is -2.05. The van der Waals surface area contributed by atoms with Crippen LogP contribution in [0.1, 0.15) is 16.8 Å². The molecule has 3 aromatic rings. The number of aromatic nitrogens is 3. The molecule has 0 saturated heterocycles. The molecule has 1 aromatic heterocycles. The molecule has 13 heteroatoms. The van der Waals surface area contributed by atoms with Crippen LogP contribution >= 0.6 is 0 Å². The zero-order chi connectivity index (χ0) is 22.2. The van der Waals surface area contributed by atoms with Crippen LogP contribution in [0.5, 0.6) is 0 Å². The molecule has 0 aliphatic heterocycles. The molecule has 0 atom stereocenters. The molecule has 156 valence electrons. The second kappa shape index (κ2) is 9.60. The Morgan fingerprint density at radius 3 is 1.97 bits per heavy atom. The molecular formula is C18H15N9O4. The summed E-state index contributed by atoms with van der Waals surface area (Å²) >= 11 is 0. The molecule has 0 spiro atoms. The van der Waals surface area contributed by atoms with Crippen LogP contribution < -0.4 is 10.9 Å². The summed E-state index contributed by atoms with van der Waals surface area (Å²) < 4.78 is 0. The molecule has 31 heavy (non-hydrogen) atoms. The van der Waals surface area contributed by atoms with Crippen molar-refractivity contribution >= 4 is 35.6 Å². The molecule has 0 bridgehead atoms. The maximum Gasteiger partial charge on any atom is 0.270 e. The summed E-state index contributed by atoms with van der Waals surface area (Å²) in [6.07, 6.45) is 2.78. The molecule has 0 aliphatic carbocycles. The first-order chi connectivity index (χ1) is 14.9. The SMILES string of the molecule is Cc1nnc(N/N=C/c2cccc([N+](=O)[O-])c2)nc1N/N=C/c1cccc([N+](=O)[O-])c1. The van der Waals surface area contributed by atoms with Crippen molar-refractivity contribution in [3.63, 3.8) is 0 Å². The number of non-ortho nitro benzene ring substituents is 2. The van der Waals surface area contributed by atoms with Gasteiger partial charge in [0.25, 0.3) is 17.3 Å². The monoisotopic (exact) mass is 421 g/mol. The Hall–Kier alpha value is -4.81. The number of nitrogens with zero attached hydrogens (tertiary/aromatic N) is 7. The van der Waals surface area contributed by atoms with Crippen molar-refractivity contribution in [2.45, 2.75) is 6.92 Å². The second-order valence-corrected chi connectivity index (χ2v) is 6.01. The number of aryl methyl sites for hydroxylation is 1. The lowest BCUT2D eigenvalue weighted by Gasteiger charge is -2.04. The van der Waals surface area contributed by atoms with E-state index in [1.807, 2.05) is 0 Å². The number of nitro groups is 2. The smallest absolute Gasteiger partial charge is 0.260 e. The molecule has 3 rings (SSSR count). The lowest BCUT2D eigenvalue weighted by atomic mass is 10.2. The fourth-order valence-electron chi connectivity index (χ4n) is 2.30. The summed E-state index contributed by atoms with van der Waals surface area (Å²) in [5, 5.41) is 37.4. The highest BCUT2D eigenvalue weighted by atomic mass is 16.6. The number of benzene rings is 2. The third-order valence-electron chi connectivity index (χ3n) is 3.78. The molecule has 0 amide bonds. The topological polar surface area (TPSA) is 174 Å². The van der Waals surface area contributed by atoms with E-state index in [1.165, 1.54) is 36.7 Å². The normalized spacial score (nSPS) is 11.0. The van der Waals surface area contributed by atoms with Crippen molar-refractivity contribution in [3.05, 3.63) is 85.6 Å². The number of hydrogen-bond donors (Lipinski definition) is 2. The van der Waals surface area contributed by atoms with Gasteiger partial charge in [0.2, 0.25) is 0 Å². The number of nitrogens with one attached hydrogen (secondary N) is 2. The number of hydrogen-bond acceptors (Lipinski definition) is 11. The molecule has 2 N–H and O–H groups in total. The van der Waals surface area contributed by atoms with Crippen molar-refractivity contribution in [1.29, 1.82) is 0 Å². The minimum atomic E-state index is -0.496. The third-order valence-corrected chi connectivity index (χ3v) is 3.78. The molecular weight excluding hydrogens is 406 g/mol. The average Bonchev–Trinajstić information content (AvgIpc) is 2.76. The summed E-state index contributed by atoms with van der Waals surface area (Å²) in [5.74, 6) is 0.366.